The molecule has 0 bridgehead atoms. The molecule has 1 aromatic rings. The molecule has 6 atom stereocenters. The highest BCUT2D eigenvalue weighted by Crippen LogP contribution is 2.66. The molecule has 2 fully saturated rings. The number of anilines is 1. The third-order valence-corrected chi connectivity index (χ3v) is 10.3. The highest BCUT2D eigenvalue weighted by molar-refractivity contribution is 8.02. The molecule has 1 aromatic carbocycles. The molecule has 0 saturated carbocycles. The second kappa shape index (κ2) is 8.77. The van der Waals surface area contributed by atoms with Gasteiger partial charge < -0.3 is 19.8 Å². The number of nitrogens with zero attached hydrogens (tertiary/aromatic N) is 3. The van der Waals surface area contributed by atoms with E-state index < -0.39 is 33.4 Å². The number of aliphatic hydroxyl groups excluding tert-OH is 1. The zero-order valence-corrected chi connectivity index (χ0v) is 22.4. The fraction of sp³-hybridized carbons (Fsp3) is 0.536. The number of aliphatic hydroxyl groups is 1. The molecule has 0 aliphatic carbocycles. The van der Waals surface area contributed by atoms with E-state index in [4.69, 9.17) is 0 Å². The summed E-state index contributed by atoms with van der Waals surface area (Å²) in [6.07, 6.45) is 8.59. The van der Waals surface area contributed by atoms with Gasteiger partial charge in [0.1, 0.15) is 6.04 Å². The Balaban J connectivity index is 1.71. The molecule has 1 spiro atoms. The zero-order valence-electron chi connectivity index (χ0n) is 21.6. The van der Waals surface area contributed by atoms with E-state index in [1.807, 2.05) is 64.1 Å². The summed E-state index contributed by atoms with van der Waals surface area (Å²) in [4.78, 5) is 47.6. The topological polar surface area (TPSA) is 81.2 Å². The number of likely N-dealkylation sites (N-methyl/N-ethyl adjacent to an activating group) is 1. The number of benzene rings is 1. The predicted molar refractivity (Wildman–Crippen MR) is 142 cm³/mol. The summed E-state index contributed by atoms with van der Waals surface area (Å²) in [6.45, 7) is 8.57. The van der Waals surface area contributed by atoms with Gasteiger partial charge in [0.25, 0.3) is 5.91 Å². The molecule has 0 aromatic heterocycles. The van der Waals surface area contributed by atoms with Crippen LogP contribution >= 0.6 is 11.8 Å². The lowest BCUT2D eigenvalue weighted by atomic mass is 9.74. The third kappa shape index (κ3) is 3.33. The number of carbonyl (C=O) groups excluding carboxylic acids is 3. The highest BCUT2D eigenvalue weighted by Gasteiger charge is 2.74. The average molecular weight is 510 g/mol. The second-order valence-corrected chi connectivity index (χ2v) is 12.5. The van der Waals surface area contributed by atoms with E-state index >= 15 is 0 Å². The Morgan fingerprint density at radius 3 is 2.33 bits per heavy atom. The van der Waals surface area contributed by atoms with Crippen LogP contribution in [0.15, 0.2) is 42.5 Å². The standard InChI is InChI=1S/C28H35N3O4S/c1-6-19(16-32)31-23-26(35)30(22-17(2)10-7-11-18(22)3)15-9-13-28(23)21(25(31)34)20-24(33)29(5)14-8-12-27(20,4)36-28/h7-13,19-21,23,32H,6,14-16H2,1-5H3/t19-,20-,21-,23?,27+,28-/m0/s1. The van der Waals surface area contributed by atoms with Gasteiger partial charge in [0.05, 0.1) is 29.2 Å². The summed E-state index contributed by atoms with van der Waals surface area (Å²) in [6, 6.07) is 4.65. The maximum absolute atomic E-state index is 14.6. The zero-order chi connectivity index (χ0) is 26.0. The van der Waals surface area contributed by atoms with E-state index in [1.54, 1.807) is 33.5 Å². The largest absolute Gasteiger partial charge is 0.394 e. The minimum absolute atomic E-state index is 0.0698. The first-order valence-corrected chi connectivity index (χ1v) is 13.5. The van der Waals surface area contributed by atoms with Crippen molar-refractivity contribution >= 4 is 35.2 Å². The Hall–Kier alpha value is -2.58. The number of para-hydroxylation sites is 1. The Morgan fingerprint density at radius 2 is 1.69 bits per heavy atom. The minimum atomic E-state index is -0.903. The van der Waals surface area contributed by atoms with Crippen molar-refractivity contribution < 1.29 is 19.5 Å². The fourth-order valence-corrected chi connectivity index (χ4v) is 8.97. The van der Waals surface area contributed by atoms with Gasteiger partial charge in [-0.05, 0) is 38.3 Å². The lowest BCUT2D eigenvalue weighted by molar-refractivity contribution is -0.144. The second-order valence-electron chi connectivity index (χ2n) is 10.7. The van der Waals surface area contributed by atoms with Gasteiger partial charge in [-0.2, -0.15) is 0 Å². The lowest BCUT2D eigenvalue weighted by Crippen LogP contribution is -2.57. The van der Waals surface area contributed by atoms with Crippen LogP contribution in [-0.2, 0) is 14.4 Å². The monoisotopic (exact) mass is 509 g/mol. The van der Waals surface area contributed by atoms with Gasteiger partial charge >= 0.3 is 0 Å². The van der Waals surface area contributed by atoms with Gasteiger partial charge in [-0.15, -0.1) is 11.8 Å². The van der Waals surface area contributed by atoms with Gasteiger partial charge in [0, 0.05) is 30.6 Å². The molecule has 4 aliphatic heterocycles. The Morgan fingerprint density at radius 1 is 1.03 bits per heavy atom. The van der Waals surface area contributed by atoms with Crippen molar-refractivity contribution in [2.45, 2.75) is 55.7 Å². The smallest absolute Gasteiger partial charge is 0.251 e. The number of hydrogen-bond donors (Lipinski definition) is 1. The summed E-state index contributed by atoms with van der Waals surface area (Å²) in [7, 11) is 1.77. The van der Waals surface area contributed by atoms with Gasteiger partial charge in [0.15, 0.2) is 0 Å². The molecule has 8 heteroatoms. The number of amides is 3. The summed E-state index contributed by atoms with van der Waals surface area (Å²) >= 11 is 1.57. The maximum atomic E-state index is 14.6. The number of hydrogen-bond acceptors (Lipinski definition) is 5. The molecule has 0 radical (unpaired) electrons. The van der Waals surface area contributed by atoms with E-state index in [-0.39, 0.29) is 24.3 Å². The molecule has 192 valence electrons. The minimum Gasteiger partial charge on any atom is -0.394 e. The van der Waals surface area contributed by atoms with Crippen LogP contribution in [-0.4, -0.2) is 80.9 Å². The van der Waals surface area contributed by atoms with Crippen molar-refractivity contribution in [2.24, 2.45) is 11.8 Å². The van der Waals surface area contributed by atoms with Crippen molar-refractivity contribution in [3.63, 3.8) is 0 Å². The Labute approximate surface area is 217 Å². The van der Waals surface area contributed by atoms with Crippen LogP contribution in [0.5, 0.6) is 0 Å². The molecule has 4 heterocycles. The summed E-state index contributed by atoms with van der Waals surface area (Å²) < 4.78 is -1.52. The van der Waals surface area contributed by atoms with E-state index in [9.17, 15) is 19.5 Å². The predicted octanol–water partition coefficient (Wildman–Crippen LogP) is 2.69. The molecule has 5 rings (SSSR count). The first-order chi connectivity index (χ1) is 17.1. The SMILES string of the molecule is CC[C@@H](CO)N1C(=O)[C@@H]2[C@H]3C(=O)N(C)CC=C[C@@]3(C)S[C@@]23C=CCN(c2c(C)cccc2C)C(=O)C13. The molecule has 4 aliphatic rings. The lowest BCUT2D eigenvalue weighted by Gasteiger charge is -2.40. The van der Waals surface area contributed by atoms with Crippen molar-refractivity contribution in [3.8, 4) is 0 Å². The van der Waals surface area contributed by atoms with Crippen LogP contribution in [0.2, 0.25) is 0 Å². The van der Waals surface area contributed by atoms with E-state index in [2.05, 4.69) is 6.08 Å². The summed E-state index contributed by atoms with van der Waals surface area (Å²) in [5, 5.41) is 10.3. The van der Waals surface area contributed by atoms with Gasteiger partial charge in [0.2, 0.25) is 11.8 Å². The normalized spacial score (nSPS) is 34.4. The fourth-order valence-electron chi connectivity index (χ4n) is 6.82. The van der Waals surface area contributed by atoms with Gasteiger partial charge in [-0.1, -0.05) is 49.4 Å². The molecule has 1 N–H and O–H groups in total. The van der Waals surface area contributed by atoms with Crippen LogP contribution in [0.3, 0.4) is 0 Å². The number of fused-ring (bicyclic) bond motifs is 2. The van der Waals surface area contributed by atoms with Crippen LogP contribution in [0.4, 0.5) is 5.69 Å². The molecular formula is C28H35N3O4S. The molecule has 36 heavy (non-hydrogen) atoms. The number of rotatable bonds is 4. The highest BCUT2D eigenvalue weighted by atomic mass is 32.2. The Kier molecular flexibility index (Phi) is 6.11. The van der Waals surface area contributed by atoms with Crippen LogP contribution < -0.4 is 4.90 Å². The summed E-state index contributed by atoms with van der Waals surface area (Å²) in [5.41, 5.74) is 2.84. The van der Waals surface area contributed by atoms with Gasteiger partial charge in [-0.3, -0.25) is 14.4 Å². The van der Waals surface area contributed by atoms with Crippen LogP contribution in [0, 0.1) is 25.7 Å². The van der Waals surface area contributed by atoms with Crippen molar-refractivity contribution in [2.75, 3.05) is 31.6 Å². The van der Waals surface area contributed by atoms with E-state index in [0.717, 1.165) is 16.8 Å². The molecule has 1 unspecified atom stereocenters. The van der Waals surface area contributed by atoms with Crippen LogP contribution in [0.25, 0.3) is 0 Å². The maximum Gasteiger partial charge on any atom is 0.251 e. The Bertz CT molecular complexity index is 1160. The molecule has 7 nitrogen and oxygen atoms in total. The van der Waals surface area contributed by atoms with Crippen molar-refractivity contribution in [1.82, 2.24) is 9.80 Å². The first-order valence-electron chi connectivity index (χ1n) is 12.7. The number of likely N-dealkylation sites (tertiary alicyclic amines) is 1. The third-order valence-electron chi connectivity index (χ3n) is 8.48. The summed E-state index contributed by atoms with van der Waals surface area (Å²) in [5.74, 6) is -1.71. The number of carbonyl (C=O) groups is 3. The number of thioether (sulfide) groups is 1. The molecular weight excluding hydrogens is 474 g/mol. The van der Waals surface area contributed by atoms with E-state index in [0.29, 0.717) is 19.5 Å². The first kappa shape index (κ1) is 25.1. The molecule has 2 saturated heterocycles. The number of aryl methyl sites for hydroxylation is 2. The quantitative estimate of drug-likeness (QED) is 0.632. The van der Waals surface area contributed by atoms with Crippen LogP contribution in [0.1, 0.15) is 31.4 Å². The van der Waals surface area contributed by atoms with Gasteiger partial charge in [-0.25, -0.2) is 0 Å². The van der Waals surface area contributed by atoms with Crippen molar-refractivity contribution in [3.05, 3.63) is 53.6 Å². The van der Waals surface area contributed by atoms with Crippen molar-refractivity contribution in [1.29, 1.82) is 0 Å². The average Bonchev–Trinajstić information content (AvgIpc) is 3.11. The van der Waals surface area contributed by atoms with E-state index in [1.165, 1.54) is 0 Å². The molecule has 3 amide bonds.